The van der Waals surface area contributed by atoms with Crippen LogP contribution in [0.5, 0.6) is 0 Å². The maximum absolute atomic E-state index is 13.2. The number of aliphatic carboxylic acids is 1. The van der Waals surface area contributed by atoms with Crippen LogP contribution in [0.3, 0.4) is 0 Å². The van der Waals surface area contributed by atoms with Gasteiger partial charge in [0.2, 0.25) is 0 Å². The summed E-state index contributed by atoms with van der Waals surface area (Å²) in [4.78, 5) is 10.8. The number of carboxylic acid groups (broad SMARTS) is 1. The van der Waals surface area contributed by atoms with Crippen molar-refractivity contribution in [2.45, 2.75) is 6.10 Å². The van der Waals surface area contributed by atoms with E-state index in [1.54, 1.807) is 0 Å². The van der Waals surface area contributed by atoms with Gasteiger partial charge in [0.25, 0.3) is 0 Å². The molecule has 0 radical (unpaired) electrons. The van der Waals surface area contributed by atoms with Gasteiger partial charge in [-0.3, -0.25) is 0 Å². The molecule has 4 heteroatoms. The molecule has 0 aromatic heterocycles. The number of rotatable bonds is 4. The fourth-order valence-corrected chi connectivity index (χ4v) is 1.11. The first-order valence-corrected chi connectivity index (χ1v) is 4.19. The van der Waals surface area contributed by atoms with Crippen LogP contribution in [-0.2, 0) is 9.53 Å². The summed E-state index contributed by atoms with van der Waals surface area (Å²) in [6.45, 7) is -0.175. The summed E-state index contributed by atoms with van der Waals surface area (Å²) in [5.74, 6) is 0.243. The Bertz CT molecular complexity index is 395. The summed E-state index contributed by atoms with van der Waals surface area (Å²) in [6, 6.07) is 5.53. The van der Waals surface area contributed by atoms with Gasteiger partial charge in [-0.2, -0.15) is 0 Å². The van der Waals surface area contributed by atoms with Gasteiger partial charge >= 0.3 is 5.97 Å². The highest BCUT2D eigenvalue weighted by atomic mass is 19.1. The van der Waals surface area contributed by atoms with Gasteiger partial charge in [0, 0.05) is 5.56 Å². The van der Waals surface area contributed by atoms with Crippen molar-refractivity contribution in [3.63, 3.8) is 0 Å². The minimum Gasteiger partial charge on any atom is -0.479 e. The summed E-state index contributed by atoms with van der Waals surface area (Å²) in [5.41, 5.74) is -0.0275. The first-order chi connectivity index (χ1) is 7.16. The Morgan fingerprint density at radius 3 is 2.80 bits per heavy atom. The number of carbonyl (C=O) groups is 1. The van der Waals surface area contributed by atoms with E-state index in [0.29, 0.717) is 0 Å². The minimum absolute atomic E-state index is 0.0275. The van der Waals surface area contributed by atoms with Crippen molar-refractivity contribution in [2.75, 3.05) is 6.61 Å². The topological polar surface area (TPSA) is 46.5 Å². The summed E-state index contributed by atoms with van der Waals surface area (Å²) >= 11 is 0. The van der Waals surface area contributed by atoms with Crippen molar-refractivity contribution >= 4 is 5.97 Å². The van der Waals surface area contributed by atoms with Crippen LogP contribution in [0.4, 0.5) is 4.39 Å². The zero-order valence-electron chi connectivity index (χ0n) is 7.81. The van der Waals surface area contributed by atoms with Crippen molar-refractivity contribution in [3.05, 3.63) is 35.6 Å². The number of halogens is 1. The molecule has 0 aliphatic heterocycles. The first kappa shape index (κ1) is 11.2. The Hall–Kier alpha value is -1.86. The number of benzene rings is 1. The maximum Gasteiger partial charge on any atom is 0.337 e. The zero-order chi connectivity index (χ0) is 11.3. The van der Waals surface area contributed by atoms with E-state index in [-0.39, 0.29) is 12.2 Å². The van der Waals surface area contributed by atoms with Gasteiger partial charge in [-0.05, 0) is 6.07 Å². The van der Waals surface area contributed by atoms with E-state index < -0.39 is 17.9 Å². The molecule has 0 aliphatic carbocycles. The van der Waals surface area contributed by atoms with Crippen LogP contribution in [-0.4, -0.2) is 17.7 Å². The highest BCUT2D eigenvalue weighted by molar-refractivity contribution is 5.74. The Labute approximate surface area is 86.5 Å². The summed E-state index contributed by atoms with van der Waals surface area (Å²) < 4.78 is 18.1. The van der Waals surface area contributed by atoms with Crippen LogP contribution in [0.15, 0.2) is 24.3 Å². The van der Waals surface area contributed by atoms with Crippen molar-refractivity contribution < 1.29 is 19.0 Å². The van der Waals surface area contributed by atoms with Crippen molar-refractivity contribution in [3.8, 4) is 12.3 Å². The number of hydrogen-bond acceptors (Lipinski definition) is 2. The summed E-state index contributed by atoms with van der Waals surface area (Å²) in [7, 11) is 0. The molecule has 0 amide bonds. The van der Waals surface area contributed by atoms with Gasteiger partial charge in [-0.25, -0.2) is 9.18 Å². The van der Waals surface area contributed by atoms with E-state index in [1.807, 2.05) is 0 Å². The highest BCUT2D eigenvalue weighted by Crippen LogP contribution is 2.20. The van der Waals surface area contributed by atoms with E-state index in [1.165, 1.54) is 24.3 Å². The standard InChI is InChI=1S/C11H9FO3/c1-2-7-15-10(11(13)14)8-5-3-4-6-9(8)12/h1,3-6,10H,7H2,(H,13,14). The Balaban J connectivity index is 2.95. The van der Waals surface area contributed by atoms with Gasteiger partial charge in [-0.1, -0.05) is 24.1 Å². The second kappa shape index (κ2) is 5.13. The number of ether oxygens (including phenoxy) is 1. The molecule has 78 valence electrons. The molecule has 1 unspecified atom stereocenters. The van der Waals surface area contributed by atoms with Gasteiger partial charge in [-0.15, -0.1) is 6.42 Å². The third-order valence-corrected chi connectivity index (χ3v) is 1.75. The third-order valence-electron chi connectivity index (χ3n) is 1.75. The summed E-state index contributed by atoms with van der Waals surface area (Å²) in [6.07, 6.45) is 3.57. The molecule has 0 spiro atoms. The van der Waals surface area contributed by atoms with Gasteiger partial charge in [0.1, 0.15) is 12.4 Å². The molecule has 1 atom stereocenters. The van der Waals surface area contributed by atoms with Crippen LogP contribution < -0.4 is 0 Å². The molecule has 15 heavy (non-hydrogen) atoms. The molecule has 0 saturated heterocycles. The lowest BCUT2D eigenvalue weighted by atomic mass is 10.1. The lowest BCUT2D eigenvalue weighted by Crippen LogP contribution is -2.16. The smallest absolute Gasteiger partial charge is 0.337 e. The highest BCUT2D eigenvalue weighted by Gasteiger charge is 2.23. The molecular weight excluding hydrogens is 199 g/mol. The normalized spacial score (nSPS) is 11.7. The SMILES string of the molecule is C#CCOC(C(=O)O)c1ccccc1F. The fourth-order valence-electron chi connectivity index (χ4n) is 1.11. The van der Waals surface area contributed by atoms with Gasteiger partial charge in [0.15, 0.2) is 6.10 Å². The molecule has 1 aromatic carbocycles. The molecule has 3 nitrogen and oxygen atoms in total. The zero-order valence-corrected chi connectivity index (χ0v) is 7.81. The van der Waals surface area contributed by atoms with E-state index in [2.05, 4.69) is 5.92 Å². The maximum atomic E-state index is 13.2. The lowest BCUT2D eigenvalue weighted by molar-refractivity contribution is -0.150. The second-order valence-electron chi connectivity index (χ2n) is 2.75. The molecule has 1 aromatic rings. The van der Waals surface area contributed by atoms with Crippen LogP contribution in [0, 0.1) is 18.2 Å². The van der Waals surface area contributed by atoms with E-state index in [9.17, 15) is 9.18 Å². The van der Waals surface area contributed by atoms with Crippen molar-refractivity contribution in [1.29, 1.82) is 0 Å². The Kier molecular flexibility index (Phi) is 3.83. The molecule has 0 heterocycles. The molecule has 0 aliphatic rings. The number of terminal acetylenes is 1. The summed E-state index contributed by atoms with van der Waals surface area (Å²) in [5, 5.41) is 8.82. The van der Waals surface area contributed by atoms with Crippen molar-refractivity contribution in [2.24, 2.45) is 0 Å². The van der Waals surface area contributed by atoms with E-state index >= 15 is 0 Å². The van der Waals surface area contributed by atoms with Crippen LogP contribution in [0.25, 0.3) is 0 Å². The van der Waals surface area contributed by atoms with E-state index in [4.69, 9.17) is 16.3 Å². The van der Waals surface area contributed by atoms with Crippen LogP contribution >= 0.6 is 0 Å². The molecule has 0 bridgehead atoms. The predicted octanol–water partition coefficient (Wildman–Crippen LogP) is 1.60. The molecule has 0 fully saturated rings. The quantitative estimate of drug-likeness (QED) is 0.764. The lowest BCUT2D eigenvalue weighted by Gasteiger charge is -2.12. The molecule has 0 saturated carbocycles. The predicted molar refractivity (Wildman–Crippen MR) is 51.6 cm³/mol. The molecular formula is C11H9FO3. The number of hydrogen-bond donors (Lipinski definition) is 1. The molecule has 1 N–H and O–H groups in total. The Morgan fingerprint density at radius 2 is 2.27 bits per heavy atom. The monoisotopic (exact) mass is 208 g/mol. The fraction of sp³-hybridized carbons (Fsp3) is 0.182. The molecule has 1 rings (SSSR count). The van der Waals surface area contributed by atoms with Gasteiger partial charge < -0.3 is 9.84 Å². The minimum atomic E-state index is -1.36. The first-order valence-electron chi connectivity index (χ1n) is 4.19. The van der Waals surface area contributed by atoms with E-state index in [0.717, 1.165) is 0 Å². The van der Waals surface area contributed by atoms with Gasteiger partial charge in [0.05, 0.1) is 0 Å². The average Bonchev–Trinajstić information content (AvgIpc) is 2.20. The van der Waals surface area contributed by atoms with Crippen LogP contribution in [0.1, 0.15) is 11.7 Å². The largest absolute Gasteiger partial charge is 0.479 e. The second-order valence-corrected chi connectivity index (χ2v) is 2.75. The van der Waals surface area contributed by atoms with Crippen LogP contribution in [0.2, 0.25) is 0 Å². The third kappa shape index (κ3) is 2.79. The Morgan fingerprint density at radius 1 is 1.60 bits per heavy atom. The van der Waals surface area contributed by atoms with Crippen molar-refractivity contribution in [1.82, 2.24) is 0 Å². The number of carboxylic acids is 1. The average molecular weight is 208 g/mol.